The minimum atomic E-state index is -3.62. The minimum absolute atomic E-state index is 0.0764. The zero-order chi connectivity index (χ0) is 19.8. The van der Waals surface area contributed by atoms with E-state index in [0.717, 1.165) is 11.8 Å². The van der Waals surface area contributed by atoms with Gasteiger partial charge in [-0.2, -0.15) is 9.40 Å². The number of rotatable bonds is 6. The molecule has 0 aromatic carbocycles. The van der Waals surface area contributed by atoms with E-state index in [1.54, 1.807) is 35.8 Å². The van der Waals surface area contributed by atoms with Crippen molar-refractivity contribution in [1.82, 2.24) is 19.2 Å². The second kappa shape index (κ2) is 7.43. The van der Waals surface area contributed by atoms with Crippen LogP contribution in [0.2, 0.25) is 0 Å². The highest BCUT2D eigenvalue weighted by molar-refractivity contribution is 7.88. The number of aromatic nitrogens is 3. The minimum Gasteiger partial charge on any atom is -0.361 e. The van der Waals surface area contributed by atoms with E-state index in [9.17, 15) is 13.2 Å². The number of amides is 1. The third kappa shape index (κ3) is 3.77. The first-order chi connectivity index (χ1) is 12.7. The van der Waals surface area contributed by atoms with Crippen molar-refractivity contribution < 1.29 is 17.7 Å². The standard InChI is InChI=1S/C17H25N5O4S/c1-5-14-13(12(2)26-19-14)11-22(27(4,24)25)15-7-6-10-21(17(15)23)16-8-9-18-20(16)3/h8-9,15H,5-7,10-11H2,1-4H3. The molecule has 0 saturated carbocycles. The van der Waals surface area contributed by atoms with Crippen molar-refractivity contribution >= 4 is 21.7 Å². The van der Waals surface area contributed by atoms with Crippen molar-refractivity contribution in [2.75, 3.05) is 17.7 Å². The van der Waals surface area contributed by atoms with Gasteiger partial charge < -0.3 is 4.52 Å². The molecule has 1 aliphatic heterocycles. The fourth-order valence-electron chi connectivity index (χ4n) is 3.51. The van der Waals surface area contributed by atoms with Gasteiger partial charge in [0.05, 0.1) is 18.1 Å². The highest BCUT2D eigenvalue weighted by Crippen LogP contribution is 2.27. The molecule has 3 heterocycles. The van der Waals surface area contributed by atoms with E-state index in [0.29, 0.717) is 43.1 Å². The van der Waals surface area contributed by atoms with Gasteiger partial charge in [-0.25, -0.2) is 8.42 Å². The van der Waals surface area contributed by atoms with Crippen LogP contribution >= 0.6 is 0 Å². The summed E-state index contributed by atoms with van der Waals surface area (Å²) < 4.78 is 33.2. The molecule has 1 fully saturated rings. The summed E-state index contributed by atoms with van der Waals surface area (Å²) >= 11 is 0. The summed E-state index contributed by atoms with van der Waals surface area (Å²) in [6.07, 6.45) is 4.57. The molecule has 2 aromatic rings. The second-order valence-corrected chi connectivity index (χ2v) is 8.72. The molecule has 0 aliphatic carbocycles. The van der Waals surface area contributed by atoms with Crippen LogP contribution in [0.4, 0.5) is 5.82 Å². The fourth-order valence-corrected chi connectivity index (χ4v) is 4.54. The Balaban J connectivity index is 1.94. The van der Waals surface area contributed by atoms with E-state index >= 15 is 0 Å². The van der Waals surface area contributed by atoms with Gasteiger partial charge in [0.25, 0.3) is 0 Å². The predicted octanol–water partition coefficient (Wildman–Crippen LogP) is 1.24. The molecule has 0 radical (unpaired) electrons. The van der Waals surface area contributed by atoms with Gasteiger partial charge in [0, 0.05) is 31.8 Å². The van der Waals surface area contributed by atoms with Gasteiger partial charge in [0.2, 0.25) is 15.9 Å². The molecular weight excluding hydrogens is 370 g/mol. The molecule has 148 valence electrons. The van der Waals surface area contributed by atoms with Crippen molar-refractivity contribution in [2.24, 2.45) is 7.05 Å². The molecule has 0 N–H and O–H groups in total. The molecular formula is C17H25N5O4S. The number of carbonyl (C=O) groups excluding carboxylic acids is 1. The maximum atomic E-state index is 13.2. The van der Waals surface area contributed by atoms with E-state index in [-0.39, 0.29) is 12.5 Å². The Labute approximate surface area is 159 Å². The van der Waals surface area contributed by atoms with Gasteiger partial charge in [-0.3, -0.25) is 14.4 Å². The third-order valence-electron chi connectivity index (χ3n) is 4.97. The number of anilines is 1. The van der Waals surface area contributed by atoms with Crippen LogP contribution in [-0.2, 0) is 34.8 Å². The maximum absolute atomic E-state index is 13.2. The number of hydrogen-bond donors (Lipinski definition) is 0. The van der Waals surface area contributed by atoms with Crippen LogP contribution in [0.3, 0.4) is 0 Å². The first kappa shape index (κ1) is 19.6. The van der Waals surface area contributed by atoms with Gasteiger partial charge in [-0.15, -0.1) is 0 Å². The molecule has 10 heteroatoms. The first-order valence-electron chi connectivity index (χ1n) is 8.94. The van der Waals surface area contributed by atoms with E-state index in [2.05, 4.69) is 10.3 Å². The molecule has 2 aromatic heterocycles. The molecule has 9 nitrogen and oxygen atoms in total. The Morgan fingerprint density at radius 3 is 2.74 bits per heavy atom. The number of carbonyl (C=O) groups is 1. The predicted molar refractivity (Wildman–Crippen MR) is 99.6 cm³/mol. The van der Waals surface area contributed by atoms with Crippen LogP contribution in [0.1, 0.15) is 36.8 Å². The summed E-state index contributed by atoms with van der Waals surface area (Å²) in [7, 11) is -1.87. The zero-order valence-electron chi connectivity index (χ0n) is 16.0. The van der Waals surface area contributed by atoms with Crippen LogP contribution in [0, 0.1) is 6.92 Å². The maximum Gasteiger partial charge on any atom is 0.246 e. The zero-order valence-corrected chi connectivity index (χ0v) is 16.9. The molecule has 0 bridgehead atoms. The second-order valence-electron chi connectivity index (χ2n) is 6.79. The Morgan fingerprint density at radius 1 is 1.41 bits per heavy atom. The number of aryl methyl sites for hydroxylation is 3. The van der Waals surface area contributed by atoms with Crippen molar-refractivity contribution in [1.29, 1.82) is 0 Å². The molecule has 1 atom stereocenters. The SMILES string of the molecule is CCc1noc(C)c1CN(C1CCCN(c2ccnn2C)C1=O)S(C)(=O)=O. The molecule has 1 amide bonds. The van der Waals surface area contributed by atoms with Crippen LogP contribution in [0.25, 0.3) is 0 Å². The van der Waals surface area contributed by atoms with Gasteiger partial charge in [-0.1, -0.05) is 12.1 Å². The lowest BCUT2D eigenvalue weighted by Crippen LogP contribution is -2.54. The van der Waals surface area contributed by atoms with Gasteiger partial charge in [-0.05, 0) is 26.2 Å². The summed E-state index contributed by atoms with van der Waals surface area (Å²) in [5, 5.41) is 8.11. The highest BCUT2D eigenvalue weighted by atomic mass is 32.2. The smallest absolute Gasteiger partial charge is 0.246 e. The Hall–Kier alpha value is -2.20. The van der Waals surface area contributed by atoms with Crippen LogP contribution in [0.15, 0.2) is 16.8 Å². The molecule has 0 spiro atoms. The molecule has 1 saturated heterocycles. The average Bonchev–Trinajstić information content (AvgIpc) is 3.18. The molecule has 1 aliphatic rings. The lowest BCUT2D eigenvalue weighted by atomic mass is 10.0. The third-order valence-corrected chi connectivity index (χ3v) is 6.21. The lowest BCUT2D eigenvalue weighted by molar-refractivity contribution is -0.123. The summed E-state index contributed by atoms with van der Waals surface area (Å²) in [6, 6.07) is 0.993. The average molecular weight is 395 g/mol. The largest absolute Gasteiger partial charge is 0.361 e. The number of hydrogen-bond acceptors (Lipinski definition) is 6. The highest BCUT2D eigenvalue weighted by Gasteiger charge is 2.39. The molecule has 27 heavy (non-hydrogen) atoms. The lowest BCUT2D eigenvalue weighted by Gasteiger charge is -2.37. The topological polar surface area (TPSA) is 102 Å². The Morgan fingerprint density at radius 2 is 2.15 bits per heavy atom. The monoisotopic (exact) mass is 395 g/mol. The first-order valence-corrected chi connectivity index (χ1v) is 10.8. The normalized spacial score (nSPS) is 18.5. The quantitative estimate of drug-likeness (QED) is 0.729. The molecule has 3 rings (SSSR count). The van der Waals surface area contributed by atoms with Crippen LogP contribution in [-0.4, -0.2) is 52.4 Å². The van der Waals surface area contributed by atoms with Crippen molar-refractivity contribution in [3.05, 3.63) is 29.3 Å². The van der Waals surface area contributed by atoms with Crippen LogP contribution in [0.5, 0.6) is 0 Å². The summed E-state index contributed by atoms with van der Waals surface area (Å²) in [6.45, 7) is 4.31. The van der Waals surface area contributed by atoms with E-state index in [1.165, 1.54) is 4.31 Å². The van der Waals surface area contributed by atoms with Crippen LogP contribution < -0.4 is 4.90 Å². The van der Waals surface area contributed by atoms with Gasteiger partial charge in [0.15, 0.2) is 0 Å². The van der Waals surface area contributed by atoms with Crippen molar-refractivity contribution in [3.8, 4) is 0 Å². The van der Waals surface area contributed by atoms with Gasteiger partial charge in [0.1, 0.15) is 17.6 Å². The summed E-state index contributed by atoms with van der Waals surface area (Å²) in [5.41, 5.74) is 1.45. The van der Waals surface area contributed by atoms with Crippen molar-refractivity contribution in [2.45, 2.75) is 45.7 Å². The Bertz CT molecular complexity index is 933. The number of nitrogens with zero attached hydrogens (tertiary/aromatic N) is 5. The summed E-state index contributed by atoms with van der Waals surface area (Å²) in [5.74, 6) is 1.00. The number of sulfonamides is 1. The molecule has 1 unspecified atom stereocenters. The number of piperidine rings is 1. The van der Waals surface area contributed by atoms with Gasteiger partial charge >= 0.3 is 0 Å². The Kier molecular flexibility index (Phi) is 5.38. The van der Waals surface area contributed by atoms with E-state index in [4.69, 9.17) is 4.52 Å². The fraction of sp³-hybridized carbons (Fsp3) is 0.588. The van der Waals surface area contributed by atoms with E-state index in [1.807, 2.05) is 6.92 Å². The van der Waals surface area contributed by atoms with E-state index < -0.39 is 16.1 Å². The van der Waals surface area contributed by atoms with Crippen molar-refractivity contribution in [3.63, 3.8) is 0 Å². The summed E-state index contributed by atoms with van der Waals surface area (Å²) in [4.78, 5) is 14.8.